The van der Waals surface area contributed by atoms with Crippen LogP contribution >= 0.6 is 0 Å². The van der Waals surface area contributed by atoms with Gasteiger partial charge in [0, 0.05) is 16.5 Å². The van der Waals surface area contributed by atoms with E-state index in [1.165, 1.54) is 0 Å². The van der Waals surface area contributed by atoms with Crippen LogP contribution in [0.4, 0.5) is 5.69 Å². The molecule has 1 heterocycles. The summed E-state index contributed by atoms with van der Waals surface area (Å²) in [6, 6.07) is 15.1. The molecule has 0 aliphatic heterocycles. The molecule has 0 aliphatic rings. The van der Waals surface area contributed by atoms with Crippen LogP contribution in [0.2, 0.25) is 0 Å². The van der Waals surface area contributed by atoms with E-state index in [4.69, 9.17) is 4.42 Å². The molecule has 0 fully saturated rings. The maximum atomic E-state index is 9.80. The molecule has 3 rings (SSSR count). The highest BCUT2D eigenvalue weighted by molar-refractivity contribution is 5.97. The Morgan fingerprint density at radius 3 is 2.61 bits per heavy atom. The topological polar surface area (TPSA) is 45.4 Å². The van der Waals surface area contributed by atoms with Gasteiger partial charge >= 0.3 is 0 Å². The van der Waals surface area contributed by atoms with Crippen molar-refractivity contribution >= 4 is 16.5 Å². The summed E-state index contributed by atoms with van der Waals surface area (Å²) in [6.07, 6.45) is 1.66. The fourth-order valence-electron chi connectivity index (χ4n) is 2.04. The number of nitrogens with one attached hydrogen (secondary N) is 1. The van der Waals surface area contributed by atoms with E-state index in [0.717, 1.165) is 22.2 Å². The molecule has 0 saturated heterocycles. The minimum Gasteiger partial charge on any atom is -0.507 e. The molecule has 0 spiro atoms. The van der Waals surface area contributed by atoms with Gasteiger partial charge in [0.25, 0.3) is 0 Å². The summed E-state index contributed by atoms with van der Waals surface area (Å²) in [5, 5.41) is 15.0. The molecule has 18 heavy (non-hydrogen) atoms. The summed E-state index contributed by atoms with van der Waals surface area (Å²) in [5.74, 6) is 1.18. The van der Waals surface area contributed by atoms with Crippen LogP contribution in [0.3, 0.4) is 0 Å². The zero-order valence-electron chi connectivity index (χ0n) is 9.76. The molecule has 0 bridgehead atoms. The van der Waals surface area contributed by atoms with Gasteiger partial charge in [-0.05, 0) is 24.3 Å². The van der Waals surface area contributed by atoms with Crippen LogP contribution in [0.25, 0.3) is 10.8 Å². The number of hydrogen-bond donors (Lipinski definition) is 2. The van der Waals surface area contributed by atoms with Crippen LogP contribution in [-0.4, -0.2) is 5.11 Å². The van der Waals surface area contributed by atoms with Gasteiger partial charge in [-0.15, -0.1) is 0 Å². The normalized spacial score (nSPS) is 10.7. The van der Waals surface area contributed by atoms with Gasteiger partial charge in [0.1, 0.15) is 11.5 Å². The number of fused-ring (bicyclic) bond motifs is 1. The lowest BCUT2D eigenvalue weighted by Crippen LogP contribution is -1.98. The summed E-state index contributed by atoms with van der Waals surface area (Å²) in [7, 11) is 0. The Balaban J connectivity index is 1.94. The van der Waals surface area contributed by atoms with Crippen LogP contribution in [0.1, 0.15) is 5.76 Å². The van der Waals surface area contributed by atoms with Crippen LogP contribution < -0.4 is 5.32 Å². The van der Waals surface area contributed by atoms with Crippen molar-refractivity contribution in [3.8, 4) is 5.75 Å². The van der Waals surface area contributed by atoms with E-state index in [9.17, 15) is 5.11 Å². The fourth-order valence-corrected chi connectivity index (χ4v) is 2.04. The molecule has 0 atom stereocenters. The first-order valence-corrected chi connectivity index (χ1v) is 5.81. The standard InChI is InChI=1S/C15H13NO2/c17-15-8-2-5-12-13(15)6-1-7-14(12)16-10-11-4-3-9-18-11/h1-9,16-17H,10H2. The lowest BCUT2D eigenvalue weighted by atomic mass is 10.1. The number of aromatic hydroxyl groups is 1. The zero-order chi connectivity index (χ0) is 12.4. The van der Waals surface area contributed by atoms with Gasteiger partial charge in [-0.25, -0.2) is 0 Å². The van der Waals surface area contributed by atoms with Crippen LogP contribution in [0.5, 0.6) is 5.75 Å². The minimum atomic E-state index is 0.300. The highest BCUT2D eigenvalue weighted by Crippen LogP contribution is 2.29. The minimum absolute atomic E-state index is 0.300. The van der Waals surface area contributed by atoms with Crippen molar-refractivity contribution in [3.63, 3.8) is 0 Å². The lowest BCUT2D eigenvalue weighted by Gasteiger charge is -2.09. The first kappa shape index (κ1) is 10.7. The maximum Gasteiger partial charge on any atom is 0.123 e. The number of rotatable bonds is 3. The predicted molar refractivity (Wildman–Crippen MR) is 71.6 cm³/mol. The smallest absolute Gasteiger partial charge is 0.123 e. The van der Waals surface area contributed by atoms with Crippen LogP contribution in [0, 0.1) is 0 Å². The fraction of sp³-hybridized carbons (Fsp3) is 0.0667. The number of phenols is 1. The zero-order valence-corrected chi connectivity index (χ0v) is 9.76. The third-order valence-corrected chi connectivity index (χ3v) is 2.93. The molecular weight excluding hydrogens is 226 g/mol. The maximum absolute atomic E-state index is 9.80. The Morgan fingerprint density at radius 1 is 0.944 bits per heavy atom. The predicted octanol–water partition coefficient (Wildman–Crippen LogP) is 3.75. The van der Waals surface area contributed by atoms with E-state index in [1.54, 1.807) is 12.3 Å². The molecule has 90 valence electrons. The highest BCUT2D eigenvalue weighted by atomic mass is 16.3. The second kappa shape index (κ2) is 4.45. The molecule has 0 unspecified atom stereocenters. The van der Waals surface area contributed by atoms with Crippen molar-refractivity contribution in [1.82, 2.24) is 0 Å². The molecule has 2 N–H and O–H groups in total. The lowest BCUT2D eigenvalue weighted by molar-refractivity contribution is 0.481. The Bertz CT molecular complexity index is 659. The monoisotopic (exact) mass is 239 g/mol. The Labute approximate surface area is 105 Å². The van der Waals surface area contributed by atoms with Gasteiger partial charge < -0.3 is 14.8 Å². The quantitative estimate of drug-likeness (QED) is 0.731. The number of anilines is 1. The van der Waals surface area contributed by atoms with E-state index < -0.39 is 0 Å². The molecule has 3 nitrogen and oxygen atoms in total. The van der Waals surface area contributed by atoms with Crippen molar-refractivity contribution in [2.45, 2.75) is 6.54 Å². The van der Waals surface area contributed by atoms with Gasteiger partial charge in [0.05, 0.1) is 12.8 Å². The van der Waals surface area contributed by atoms with E-state index in [-0.39, 0.29) is 0 Å². The molecule has 3 heteroatoms. The van der Waals surface area contributed by atoms with E-state index in [0.29, 0.717) is 12.3 Å². The second-order valence-electron chi connectivity index (χ2n) is 4.11. The van der Waals surface area contributed by atoms with Crippen molar-refractivity contribution in [1.29, 1.82) is 0 Å². The molecule has 0 aliphatic carbocycles. The van der Waals surface area contributed by atoms with Crippen molar-refractivity contribution < 1.29 is 9.52 Å². The van der Waals surface area contributed by atoms with Crippen LogP contribution in [0.15, 0.2) is 59.2 Å². The number of phenolic OH excluding ortho intramolecular Hbond substituents is 1. The third-order valence-electron chi connectivity index (χ3n) is 2.93. The number of furan rings is 1. The summed E-state index contributed by atoms with van der Waals surface area (Å²) in [5.41, 5.74) is 0.986. The van der Waals surface area contributed by atoms with Crippen LogP contribution in [-0.2, 0) is 6.54 Å². The molecule has 3 aromatic rings. The highest BCUT2D eigenvalue weighted by Gasteiger charge is 2.04. The summed E-state index contributed by atoms with van der Waals surface area (Å²) < 4.78 is 5.28. The molecule has 0 amide bonds. The second-order valence-corrected chi connectivity index (χ2v) is 4.11. The third kappa shape index (κ3) is 1.91. The SMILES string of the molecule is Oc1cccc2c(NCc3ccco3)cccc12. The molecule has 0 saturated carbocycles. The summed E-state index contributed by atoms with van der Waals surface area (Å²) >= 11 is 0. The molecule has 0 radical (unpaired) electrons. The molecule has 1 aromatic heterocycles. The van der Waals surface area contributed by atoms with E-state index in [2.05, 4.69) is 5.32 Å². The number of benzene rings is 2. The van der Waals surface area contributed by atoms with E-state index >= 15 is 0 Å². The molecule has 2 aromatic carbocycles. The van der Waals surface area contributed by atoms with Gasteiger partial charge in [0.2, 0.25) is 0 Å². The van der Waals surface area contributed by atoms with Crippen molar-refractivity contribution in [2.75, 3.05) is 5.32 Å². The van der Waals surface area contributed by atoms with Crippen molar-refractivity contribution in [2.24, 2.45) is 0 Å². The summed E-state index contributed by atoms with van der Waals surface area (Å²) in [4.78, 5) is 0. The van der Waals surface area contributed by atoms with Gasteiger partial charge in [0.15, 0.2) is 0 Å². The largest absolute Gasteiger partial charge is 0.507 e. The Hall–Kier alpha value is -2.42. The Kier molecular flexibility index (Phi) is 2.65. The average Bonchev–Trinajstić information content (AvgIpc) is 2.90. The molecular formula is C15H13NO2. The van der Waals surface area contributed by atoms with E-state index in [1.807, 2.05) is 42.5 Å². The van der Waals surface area contributed by atoms with Gasteiger partial charge in [-0.1, -0.05) is 24.3 Å². The average molecular weight is 239 g/mol. The summed E-state index contributed by atoms with van der Waals surface area (Å²) in [6.45, 7) is 0.627. The number of hydrogen-bond acceptors (Lipinski definition) is 3. The Morgan fingerprint density at radius 2 is 1.78 bits per heavy atom. The first-order valence-electron chi connectivity index (χ1n) is 5.81. The first-order chi connectivity index (χ1) is 8.84. The van der Waals surface area contributed by atoms with Gasteiger partial charge in [-0.2, -0.15) is 0 Å². The van der Waals surface area contributed by atoms with Gasteiger partial charge in [-0.3, -0.25) is 0 Å². The van der Waals surface area contributed by atoms with Crippen molar-refractivity contribution in [3.05, 3.63) is 60.6 Å².